The van der Waals surface area contributed by atoms with Gasteiger partial charge in [-0.15, -0.1) is 11.3 Å². The fourth-order valence-corrected chi connectivity index (χ4v) is 2.40. The zero-order chi connectivity index (χ0) is 14.9. The number of aryl methyl sites for hydroxylation is 1. The predicted molar refractivity (Wildman–Crippen MR) is 69.4 cm³/mol. The number of thiazole rings is 1. The van der Waals surface area contributed by atoms with Gasteiger partial charge in [-0.05, 0) is 25.1 Å². The zero-order valence-electron chi connectivity index (χ0n) is 10.7. The molecule has 2 aromatic rings. The number of hydrogen-bond acceptors (Lipinski definition) is 2. The second-order valence-electron chi connectivity index (χ2n) is 4.21. The van der Waals surface area contributed by atoms with E-state index in [1.807, 2.05) is 12.3 Å². The third-order valence-electron chi connectivity index (χ3n) is 2.78. The zero-order valence-corrected chi connectivity index (χ0v) is 11.5. The Morgan fingerprint density at radius 3 is 2.60 bits per heavy atom. The topological polar surface area (TPSA) is 34.4 Å². The number of rotatable bonds is 1. The molecular weight excluding hydrogens is 289 g/mol. The molecule has 1 aromatic carbocycles. The normalized spacial score (nSPS) is 12.8. The van der Waals surface area contributed by atoms with E-state index in [-0.39, 0.29) is 5.56 Å². The molecule has 106 valence electrons. The SMILES string of the molecule is Cc1csc(=NC(=O)c2cccc(C(F)(F)F)c2)n1C. The van der Waals surface area contributed by atoms with Crippen molar-refractivity contribution in [1.82, 2.24) is 4.57 Å². The number of hydrogen-bond donors (Lipinski definition) is 0. The molecule has 0 unspecified atom stereocenters. The van der Waals surface area contributed by atoms with Crippen LogP contribution in [0.15, 0.2) is 34.6 Å². The summed E-state index contributed by atoms with van der Waals surface area (Å²) in [6, 6.07) is 4.26. The highest BCUT2D eigenvalue weighted by Gasteiger charge is 2.30. The van der Waals surface area contributed by atoms with Gasteiger partial charge in [-0.3, -0.25) is 4.79 Å². The first kappa shape index (κ1) is 14.5. The maximum Gasteiger partial charge on any atom is 0.416 e. The molecule has 1 aromatic heterocycles. The molecule has 1 amide bonds. The first-order valence-electron chi connectivity index (χ1n) is 5.66. The third-order valence-corrected chi connectivity index (χ3v) is 3.82. The summed E-state index contributed by atoms with van der Waals surface area (Å²) < 4.78 is 39.4. The van der Waals surface area contributed by atoms with Crippen LogP contribution in [-0.4, -0.2) is 10.5 Å². The van der Waals surface area contributed by atoms with Gasteiger partial charge in [0, 0.05) is 23.7 Å². The minimum atomic E-state index is -4.47. The molecule has 7 heteroatoms. The van der Waals surface area contributed by atoms with Crippen molar-refractivity contribution in [2.24, 2.45) is 12.0 Å². The molecule has 0 spiro atoms. The lowest BCUT2D eigenvalue weighted by Crippen LogP contribution is -2.15. The van der Waals surface area contributed by atoms with Gasteiger partial charge in [0.05, 0.1) is 5.56 Å². The number of halogens is 3. The number of carbonyl (C=O) groups excluding carboxylic acids is 1. The van der Waals surface area contributed by atoms with Gasteiger partial charge in [0.1, 0.15) is 0 Å². The lowest BCUT2D eigenvalue weighted by atomic mass is 10.1. The second-order valence-corrected chi connectivity index (χ2v) is 5.05. The monoisotopic (exact) mass is 300 g/mol. The van der Waals surface area contributed by atoms with Crippen LogP contribution in [0.4, 0.5) is 13.2 Å². The molecule has 1 heterocycles. The molecule has 0 aliphatic heterocycles. The number of amides is 1. The molecule has 0 aliphatic rings. The van der Waals surface area contributed by atoms with Crippen molar-refractivity contribution in [2.45, 2.75) is 13.1 Å². The Hall–Kier alpha value is -1.89. The second kappa shape index (κ2) is 5.24. The van der Waals surface area contributed by atoms with Crippen LogP contribution in [0.3, 0.4) is 0 Å². The average Bonchev–Trinajstić information content (AvgIpc) is 2.70. The Kier molecular flexibility index (Phi) is 3.80. The van der Waals surface area contributed by atoms with E-state index < -0.39 is 17.6 Å². The predicted octanol–water partition coefficient (Wildman–Crippen LogP) is 3.15. The average molecular weight is 300 g/mol. The van der Waals surface area contributed by atoms with Crippen molar-refractivity contribution in [1.29, 1.82) is 0 Å². The van der Waals surface area contributed by atoms with Crippen molar-refractivity contribution in [3.05, 3.63) is 51.3 Å². The molecule has 0 saturated carbocycles. The van der Waals surface area contributed by atoms with E-state index in [0.717, 1.165) is 17.8 Å². The quantitative estimate of drug-likeness (QED) is 0.796. The third kappa shape index (κ3) is 2.98. The van der Waals surface area contributed by atoms with Gasteiger partial charge >= 0.3 is 6.18 Å². The largest absolute Gasteiger partial charge is 0.416 e. The summed E-state index contributed by atoms with van der Waals surface area (Å²) >= 11 is 1.26. The lowest BCUT2D eigenvalue weighted by molar-refractivity contribution is -0.137. The minimum Gasteiger partial charge on any atom is -0.324 e. The van der Waals surface area contributed by atoms with E-state index in [2.05, 4.69) is 4.99 Å². The van der Waals surface area contributed by atoms with Crippen LogP contribution in [0.1, 0.15) is 21.6 Å². The van der Waals surface area contributed by atoms with Crippen molar-refractivity contribution >= 4 is 17.2 Å². The smallest absolute Gasteiger partial charge is 0.324 e. The highest BCUT2D eigenvalue weighted by molar-refractivity contribution is 7.07. The van der Waals surface area contributed by atoms with E-state index in [1.165, 1.54) is 23.5 Å². The highest BCUT2D eigenvalue weighted by Crippen LogP contribution is 2.29. The maximum absolute atomic E-state index is 12.6. The summed E-state index contributed by atoms with van der Waals surface area (Å²) in [5.41, 5.74) is -0.0123. The van der Waals surface area contributed by atoms with Gasteiger partial charge in [-0.25, -0.2) is 0 Å². The fourth-order valence-electron chi connectivity index (χ4n) is 1.53. The van der Waals surface area contributed by atoms with Crippen molar-refractivity contribution in [2.75, 3.05) is 0 Å². The molecule has 0 radical (unpaired) electrons. The Bertz CT molecular complexity index is 713. The van der Waals surface area contributed by atoms with Crippen LogP contribution < -0.4 is 4.80 Å². The number of nitrogens with zero attached hydrogens (tertiary/aromatic N) is 2. The first-order valence-corrected chi connectivity index (χ1v) is 6.54. The lowest BCUT2D eigenvalue weighted by Gasteiger charge is -2.06. The minimum absolute atomic E-state index is 0.0779. The first-order chi connectivity index (χ1) is 9.29. The summed E-state index contributed by atoms with van der Waals surface area (Å²) in [7, 11) is 1.74. The molecule has 0 atom stereocenters. The fraction of sp³-hybridized carbons (Fsp3) is 0.231. The summed E-state index contributed by atoms with van der Waals surface area (Å²) in [5.74, 6) is -0.687. The van der Waals surface area contributed by atoms with Gasteiger partial charge in [0.15, 0.2) is 4.80 Å². The van der Waals surface area contributed by atoms with Gasteiger partial charge in [0.2, 0.25) is 0 Å². The molecule has 20 heavy (non-hydrogen) atoms. The van der Waals surface area contributed by atoms with E-state index in [4.69, 9.17) is 0 Å². The van der Waals surface area contributed by atoms with E-state index >= 15 is 0 Å². The van der Waals surface area contributed by atoms with Crippen LogP contribution >= 0.6 is 11.3 Å². The molecule has 0 bridgehead atoms. The van der Waals surface area contributed by atoms with Gasteiger partial charge in [0.25, 0.3) is 5.91 Å². The van der Waals surface area contributed by atoms with Crippen molar-refractivity contribution < 1.29 is 18.0 Å². The molecule has 0 fully saturated rings. The van der Waals surface area contributed by atoms with Gasteiger partial charge < -0.3 is 4.57 Å². The van der Waals surface area contributed by atoms with Crippen LogP contribution in [0.2, 0.25) is 0 Å². The molecule has 0 aliphatic carbocycles. The van der Waals surface area contributed by atoms with Crippen molar-refractivity contribution in [3.63, 3.8) is 0 Å². The Morgan fingerprint density at radius 2 is 2.05 bits per heavy atom. The molecule has 3 nitrogen and oxygen atoms in total. The maximum atomic E-state index is 12.6. The Balaban J connectivity index is 2.40. The van der Waals surface area contributed by atoms with Crippen LogP contribution in [0.5, 0.6) is 0 Å². The Morgan fingerprint density at radius 1 is 1.35 bits per heavy atom. The molecule has 0 saturated heterocycles. The van der Waals surface area contributed by atoms with Crippen LogP contribution in [0.25, 0.3) is 0 Å². The number of benzene rings is 1. The number of carbonyl (C=O) groups is 1. The van der Waals surface area contributed by atoms with E-state index in [1.54, 1.807) is 11.6 Å². The van der Waals surface area contributed by atoms with Crippen LogP contribution in [-0.2, 0) is 13.2 Å². The summed E-state index contributed by atoms with van der Waals surface area (Å²) in [5, 5.41) is 1.82. The van der Waals surface area contributed by atoms with Crippen molar-refractivity contribution in [3.8, 4) is 0 Å². The Labute approximate surface area is 117 Å². The van der Waals surface area contributed by atoms with Gasteiger partial charge in [-0.2, -0.15) is 18.2 Å². The van der Waals surface area contributed by atoms with E-state index in [0.29, 0.717) is 4.80 Å². The standard InChI is InChI=1S/C13H11F3N2OS/c1-8-7-20-12(18(8)2)17-11(19)9-4-3-5-10(6-9)13(14,15)16/h3-7H,1-2H3. The number of alkyl halides is 3. The highest BCUT2D eigenvalue weighted by atomic mass is 32.1. The molecular formula is C13H11F3N2OS. The van der Waals surface area contributed by atoms with Crippen LogP contribution in [0, 0.1) is 6.92 Å². The summed E-state index contributed by atoms with van der Waals surface area (Å²) in [6.45, 7) is 1.85. The van der Waals surface area contributed by atoms with E-state index in [9.17, 15) is 18.0 Å². The summed E-state index contributed by atoms with van der Waals surface area (Å²) in [4.78, 5) is 16.2. The molecule has 2 rings (SSSR count). The molecule has 0 N–H and O–H groups in total. The van der Waals surface area contributed by atoms with Gasteiger partial charge in [-0.1, -0.05) is 6.07 Å². The summed E-state index contributed by atoms with van der Waals surface area (Å²) in [6.07, 6.45) is -4.47. The number of aromatic nitrogens is 1.